The van der Waals surface area contributed by atoms with Crippen molar-refractivity contribution in [3.05, 3.63) is 45.4 Å². The molecular weight excluding hydrogens is 332 g/mol. The summed E-state index contributed by atoms with van der Waals surface area (Å²) in [4.78, 5) is 9.36. The van der Waals surface area contributed by atoms with Crippen LogP contribution in [0.25, 0.3) is 42.0 Å². The Morgan fingerprint density at radius 2 is 1.04 bits per heavy atom. The molecule has 24 heavy (non-hydrogen) atoms. The van der Waals surface area contributed by atoms with E-state index in [1.807, 2.05) is 0 Å². The molecule has 2 nitrogen and oxygen atoms in total. The van der Waals surface area contributed by atoms with Gasteiger partial charge in [-0.1, -0.05) is 12.1 Å². The smallest absolute Gasteiger partial charge is 0.0908 e. The van der Waals surface area contributed by atoms with Crippen LogP contribution in [0.4, 0.5) is 0 Å². The third kappa shape index (κ3) is 1.75. The highest BCUT2D eigenvalue weighted by Gasteiger charge is 2.16. The van der Waals surface area contributed by atoms with Gasteiger partial charge in [0.1, 0.15) is 0 Å². The van der Waals surface area contributed by atoms with Gasteiger partial charge in [-0.15, -0.1) is 22.7 Å². The zero-order chi connectivity index (χ0) is 16.6. The first-order chi connectivity index (χ1) is 11.5. The largest absolute Gasteiger partial charge is 0.241 e. The zero-order valence-corrected chi connectivity index (χ0v) is 15.7. The first-order valence-corrected chi connectivity index (χ1v) is 9.67. The Labute approximate surface area is 147 Å². The van der Waals surface area contributed by atoms with E-state index in [-0.39, 0.29) is 0 Å². The monoisotopic (exact) mass is 348 g/mol. The minimum atomic E-state index is 1.11. The fourth-order valence-electron chi connectivity index (χ4n) is 3.85. The highest BCUT2D eigenvalue weighted by Crippen LogP contribution is 2.41. The lowest BCUT2D eigenvalue weighted by molar-refractivity contribution is 1.35. The third-order valence-corrected chi connectivity index (χ3v) is 6.90. The summed E-state index contributed by atoms with van der Waals surface area (Å²) in [5.41, 5.74) is 4.93. The van der Waals surface area contributed by atoms with E-state index in [9.17, 15) is 0 Å². The summed E-state index contributed by atoms with van der Waals surface area (Å²) in [5, 5.41) is 7.67. The highest BCUT2D eigenvalue weighted by atomic mass is 32.1. The number of aromatic nitrogens is 2. The predicted molar refractivity (Wildman–Crippen MR) is 107 cm³/mol. The number of fused-ring (bicyclic) bond motifs is 6. The summed E-state index contributed by atoms with van der Waals surface area (Å²) in [6, 6.07) is 8.81. The van der Waals surface area contributed by atoms with Crippen molar-refractivity contribution in [3.63, 3.8) is 0 Å². The van der Waals surface area contributed by atoms with Gasteiger partial charge in [-0.2, -0.15) is 0 Å². The average Bonchev–Trinajstić information content (AvgIpc) is 3.11. The molecule has 0 aliphatic rings. The summed E-state index contributed by atoms with van der Waals surface area (Å²) in [7, 11) is 0. The van der Waals surface area contributed by atoms with Crippen LogP contribution in [0.2, 0.25) is 0 Å². The summed E-state index contributed by atoms with van der Waals surface area (Å²) in [6.07, 6.45) is 0. The molecule has 5 rings (SSSR count). The van der Waals surface area contributed by atoms with E-state index in [4.69, 9.17) is 0 Å². The topological polar surface area (TPSA) is 25.8 Å². The van der Waals surface area contributed by atoms with E-state index >= 15 is 0 Å². The van der Waals surface area contributed by atoms with Crippen molar-refractivity contribution >= 4 is 64.7 Å². The summed E-state index contributed by atoms with van der Waals surface area (Å²) in [5.74, 6) is 0. The van der Waals surface area contributed by atoms with Crippen LogP contribution in [0.5, 0.6) is 0 Å². The van der Waals surface area contributed by atoms with Crippen molar-refractivity contribution in [1.82, 2.24) is 9.97 Å². The molecule has 0 N–H and O–H groups in total. The van der Waals surface area contributed by atoms with Crippen molar-refractivity contribution in [2.75, 3.05) is 0 Å². The molecule has 0 fully saturated rings. The predicted octanol–water partition coefficient (Wildman–Crippen LogP) is 6.45. The molecule has 4 heteroatoms. The van der Waals surface area contributed by atoms with Crippen LogP contribution in [0, 0.1) is 27.7 Å². The van der Waals surface area contributed by atoms with Gasteiger partial charge in [0.05, 0.1) is 30.4 Å². The van der Waals surface area contributed by atoms with Crippen molar-refractivity contribution in [2.45, 2.75) is 27.7 Å². The number of aryl methyl sites for hydroxylation is 4. The molecule has 0 atom stereocenters. The molecule has 0 aliphatic heterocycles. The van der Waals surface area contributed by atoms with E-state index in [2.05, 4.69) is 61.9 Å². The lowest BCUT2D eigenvalue weighted by Gasteiger charge is -2.13. The number of thiazole rings is 2. The number of rotatable bonds is 0. The van der Waals surface area contributed by atoms with E-state index in [0.717, 1.165) is 21.0 Å². The van der Waals surface area contributed by atoms with E-state index < -0.39 is 0 Å². The van der Waals surface area contributed by atoms with Gasteiger partial charge < -0.3 is 0 Å². The molecule has 0 unspecified atom stereocenters. The number of nitrogens with zero attached hydrogens (tertiary/aromatic N) is 2. The lowest BCUT2D eigenvalue weighted by Crippen LogP contribution is -1.89. The van der Waals surface area contributed by atoms with Crippen LogP contribution < -0.4 is 0 Å². The minimum absolute atomic E-state index is 1.11. The molecule has 0 amide bonds. The standard InChI is InChI=1S/C20H16N2S2/c1-9-13-5-7-16-20(24-12(4)22-16)18(13)10(2)14-6-8-15-19(17(9)14)23-11(3)21-15/h5-8H,1-4H3. The fraction of sp³-hybridized carbons (Fsp3) is 0.200. The van der Waals surface area contributed by atoms with Gasteiger partial charge in [0.15, 0.2) is 0 Å². The van der Waals surface area contributed by atoms with Crippen LogP contribution in [0.1, 0.15) is 21.1 Å². The van der Waals surface area contributed by atoms with Crippen LogP contribution in [0.15, 0.2) is 24.3 Å². The molecule has 0 saturated carbocycles. The lowest BCUT2D eigenvalue weighted by atomic mass is 9.92. The maximum absolute atomic E-state index is 4.68. The van der Waals surface area contributed by atoms with Gasteiger partial charge in [0, 0.05) is 10.8 Å². The van der Waals surface area contributed by atoms with Crippen molar-refractivity contribution < 1.29 is 0 Å². The Balaban J connectivity index is 2.12. The maximum Gasteiger partial charge on any atom is 0.0908 e. The summed E-state index contributed by atoms with van der Waals surface area (Å²) < 4.78 is 2.63. The van der Waals surface area contributed by atoms with E-state index in [1.54, 1.807) is 22.7 Å². The zero-order valence-electron chi connectivity index (χ0n) is 14.0. The second kappa shape index (κ2) is 4.74. The SMILES string of the molecule is Cc1nc2ccc3c(C)c4c(ccc5nc(C)sc54)c(C)c3c2s1. The molecular formula is C20H16N2S2. The fourth-order valence-corrected chi connectivity index (χ4v) is 5.89. The molecule has 5 aromatic rings. The minimum Gasteiger partial charge on any atom is -0.241 e. The Bertz CT molecular complexity index is 1190. The molecule has 2 heterocycles. The Morgan fingerprint density at radius 3 is 1.46 bits per heavy atom. The van der Waals surface area contributed by atoms with Gasteiger partial charge in [0.25, 0.3) is 0 Å². The van der Waals surface area contributed by atoms with Crippen LogP contribution in [0.3, 0.4) is 0 Å². The molecule has 0 radical (unpaired) electrons. The van der Waals surface area contributed by atoms with E-state index in [1.165, 1.54) is 42.1 Å². The first-order valence-electron chi connectivity index (χ1n) is 8.03. The van der Waals surface area contributed by atoms with Gasteiger partial charge in [-0.05, 0) is 61.7 Å². The molecule has 2 aromatic heterocycles. The molecule has 118 valence electrons. The molecule has 0 bridgehead atoms. The van der Waals surface area contributed by atoms with E-state index in [0.29, 0.717) is 0 Å². The van der Waals surface area contributed by atoms with Crippen molar-refractivity contribution in [1.29, 1.82) is 0 Å². The Hall–Kier alpha value is -2.04. The normalized spacial score (nSPS) is 12.2. The average molecular weight is 348 g/mol. The van der Waals surface area contributed by atoms with Gasteiger partial charge >= 0.3 is 0 Å². The maximum atomic E-state index is 4.68. The molecule has 3 aromatic carbocycles. The quantitative estimate of drug-likeness (QED) is 0.301. The molecule has 0 spiro atoms. The Morgan fingerprint density at radius 1 is 0.625 bits per heavy atom. The van der Waals surface area contributed by atoms with Crippen molar-refractivity contribution in [2.24, 2.45) is 0 Å². The second-order valence-corrected chi connectivity index (χ2v) is 8.79. The molecule has 0 aliphatic carbocycles. The first kappa shape index (κ1) is 14.3. The van der Waals surface area contributed by atoms with Crippen LogP contribution in [-0.2, 0) is 0 Å². The van der Waals surface area contributed by atoms with Crippen molar-refractivity contribution in [3.8, 4) is 0 Å². The number of hydrogen-bond acceptors (Lipinski definition) is 4. The third-order valence-electron chi connectivity index (χ3n) is 4.89. The summed E-state index contributed by atoms with van der Waals surface area (Å²) >= 11 is 3.60. The Kier molecular flexibility index (Phi) is 2.83. The summed E-state index contributed by atoms with van der Waals surface area (Å²) in [6.45, 7) is 8.67. The van der Waals surface area contributed by atoms with Gasteiger partial charge in [-0.25, -0.2) is 9.97 Å². The molecule has 0 saturated heterocycles. The van der Waals surface area contributed by atoms with Crippen LogP contribution in [-0.4, -0.2) is 9.97 Å². The van der Waals surface area contributed by atoms with Gasteiger partial charge in [-0.3, -0.25) is 0 Å². The van der Waals surface area contributed by atoms with Crippen LogP contribution >= 0.6 is 22.7 Å². The second-order valence-electron chi connectivity index (χ2n) is 6.39. The number of benzene rings is 3. The highest BCUT2D eigenvalue weighted by molar-refractivity contribution is 7.20. The number of hydrogen-bond donors (Lipinski definition) is 0. The van der Waals surface area contributed by atoms with Gasteiger partial charge in [0.2, 0.25) is 0 Å².